The standard InChI is InChI=1S/C15H18N2O3S2/c1-12-7-10-21-14(12)15(18)16-8-9-17-22(19,20)11-13-5-3-2-4-6-13/h2-7,10,17H,8-9,11H2,1H3,(H,16,18). The molecule has 1 heterocycles. The predicted octanol–water partition coefficient (Wildman–Crippen LogP) is 1.91. The highest BCUT2D eigenvalue weighted by Gasteiger charge is 2.12. The quantitative estimate of drug-likeness (QED) is 0.757. The molecule has 0 bridgehead atoms. The van der Waals surface area contributed by atoms with Crippen LogP contribution in [0.15, 0.2) is 41.8 Å². The average molecular weight is 338 g/mol. The molecule has 1 amide bonds. The molecule has 7 heteroatoms. The SMILES string of the molecule is Cc1ccsc1C(=O)NCCNS(=O)(=O)Cc1ccccc1. The predicted molar refractivity (Wildman–Crippen MR) is 88.5 cm³/mol. The number of carbonyl (C=O) groups is 1. The molecule has 0 aliphatic carbocycles. The fourth-order valence-corrected chi connectivity index (χ4v) is 3.90. The molecule has 0 aliphatic heterocycles. The third-order valence-corrected chi connectivity index (χ3v) is 5.37. The van der Waals surface area contributed by atoms with E-state index in [0.717, 1.165) is 11.1 Å². The Bertz CT molecular complexity index is 724. The summed E-state index contributed by atoms with van der Waals surface area (Å²) >= 11 is 1.37. The third kappa shape index (κ3) is 4.94. The summed E-state index contributed by atoms with van der Waals surface area (Å²) in [6, 6.07) is 10.8. The molecule has 22 heavy (non-hydrogen) atoms. The Kier molecular flexibility index (Phi) is 5.70. The lowest BCUT2D eigenvalue weighted by molar-refractivity contribution is 0.0958. The van der Waals surface area contributed by atoms with Crippen molar-refractivity contribution in [2.45, 2.75) is 12.7 Å². The van der Waals surface area contributed by atoms with E-state index in [0.29, 0.717) is 4.88 Å². The molecule has 1 aromatic heterocycles. The van der Waals surface area contributed by atoms with E-state index in [1.165, 1.54) is 11.3 Å². The maximum absolute atomic E-state index is 11.9. The first-order chi connectivity index (χ1) is 10.5. The third-order valence-electron chi connectivity index (χ3n) is 3.00. The Balaban J connectivity index is 1.76. The van der Waals surface area contributed by atoms with Crippen LogP contribution in [0.1, 0.15) is 20.8 Å². The minimum absolute atomic E-state index is 0.0637. The first-order valence-electron chi connectivity index (χ1n) is 6.81. The zero-order valence-corrected chi connectivity index (χ0v) is 13.8. The summed E-state index contributed by atoms with van der Waals surface area (Å²) in [6.45, 7) is 2.30. The molecular formula is C15H18N2O3S2. The first-order valence-corrected chi connectivity index (χ1v) is 9.35. The minimum Gasteiger partial charge on any atom is -0.350 e. The number of hydrogen-bond acceptors (Lipinski definition) is 4. The highest BCUT2D eigenvalue weighted by molar-refractivity contribution is 7.88. The number of nitrogens with one attached hydrogen (secondary N) is 2. The number of thiophene rings is 1. The summed E-state index contributed by atoms with van der Waals surface area (Å²) in [5, 5.41) is 4.56. The Labute approximate surface area is 134 Å². The number of hydrogen-bond donors (Lipinski definition) is 2. The summed E-state index contributed by atoms with van der Waals surface area (Å²) in [5.74, 6) is -0.235. The molecule has 0 radical (unpaired) electrons. The van der Waals surface area contributed by atoms with Crippen LogP contribution in [0.25, 0.3) is 0 Å². The van der Waals surface area contributed by atoms with Crippen molar-refractivity contribution in [1.29, 1.82) is 0 Å². The van der Waals surface area contributed by atoms with Crippen LogP contribution in [0, 0.1) is 6.92 Å². The highest BCUT2D eigenvalue weighted by atomic mass is 32.2. The maximum Gasteiger partial charge on any atom is 0.261 e. The van der Waals surface area contributed by atoms with Gasteiger partial charge >= 0.3 is 0 Å². The van der Waals surface area contributed by atoms with Gasteiger partial charge in [0.25, 0.3) is 5.91 Å². The molecule has 0 spiro atoms. The second-order valence-corrected chi connectivity index (χ2v) is 7.55. The van der Waals surface area contributed by atoms with Crippen LogP contribution in [0.4, 0.5) is 0 Å². The van der Waals surface area contributed by atoms with Gasteiger partial charge in [0.1, 0.15) is 0 Å². The van der Waals surface area contributed by atoms with Crippen LogP contribution < -0.4 is 10.0 Å². The molecule has 0 saturated heterocycles. The molecule has 2 aromatic rings. The molecule has 0 unspecified atom stereocenters. The molecule has 1 aromatic carbocycles. The normalized spacial score (nSPS) is 11.3. The van der Waals surface area contributed by atoms with E-state index in [9.17, 15) is 13.2 Å². The molecule has 118 valence electrons. The Morgan fingerprint density at radius 1 is 1.14 bits per heavy atom. The first kappa shape index (κ1) is 16.7. The smallest absolute Gasteiger partial charge is 0.261 e. The van der Waals surface area contributed by atoms with Crippen LogP contribution in [-0.4, -0.2) is 27.4 Å². The van der Waals surface area contributed by atoms with Crippen LogP contribution in [0.3, 0.4) is 0 Å². The van der Waals surface area contributed by atoms with E-state index < -0.39 is 10.0 Å². The van der Waals surface area contributed by atoms with Crippen LogP contribution >= 0.6 is 11.3 Å². The second kappa shape index (κ2) is 7.53. The Hall–Kier alpha value is -1.70. The zero-order chi connectivity index (χ0) is 16.0. The summed E-state index contributed by atoms with van der Waals surface area (Å²) in [6.07, 6.45) is 0. The van der Waals surface area contributed by atoms with E-state index in [4.69, 9.17) is 0 Å². The van der Waals surface area contributed by atoms with Crippen molar-refractivity contribution in [3.8, 4) is 0 Å². The van der Waals surface area contributed by atoms with E-state index in [1.807, 2.05) is 24.4 Å². The molecule has 0 aliphatic rings. The number of carbonyl (C=O) groups excluding carboxylic acids is 1. The summed E-state index contributed by atoms with van der Waals surface area (Å²) in [4.78, 5) is 12.5. The maximum atomic E-state index is 11.9. The Morgan fingerprint density at radius 2 is 1.86 bits per heavy atom. The number of amides is 1. The van der Waals surface area contributed by atoms with Gasteiger partial charge in [-0.2, -0.15) is 0 Å². The minimum atomic E-state index is -3.39. The van der Waals surface area contributed by atoms with Crippen molar-refractivity contribution in [2.75, 3.05) is 13.1 Å². The lowest BCUT2D eigenvalue weighted by Crippen LogP contribution is -2.35. The van der Waals surface area contributed by atoms with Gasteiger partial charge in [0.05, 0.1) is 10.6 Å². The molecule has 2 N–H and O–H groups in total. The molecule has 0 fully saturated rings. The van der Waals surface area contributed by atoms with Gasteiger partial charge in [-0.1, -0.05) is 30.3 Å². The molecule has 2 rings (SSSR count). The lowest BCUT2D eigenvalue weighted by Gasteiger charge is -2.08. The van der Waals surface area contributed by atoms with E-state index in [2.05, 4.69) is 10.0 Å². The van der Waals surface area contributed by atoms with Crippen LogP contribution in [-0.2, 0) is 15.8 Å². The molecule has 5 nitrogen and oxygen atoms in total. The highest BCUT2D eigenvalue weighted by Crippen LogP contribution is 2.14. The van der Waals surface area contributed by atoms with E-state index >= 15 is 0 Å². The molecule has 0 atom stereocenters. The largest absolute Gasteiger partial charge is 0.350 e. The summed E-state index contributed by atoms with van der Waals surface area (Å²) in [7, 11) is -3.39. The zero-order valence-electron chi connectivity index (χ0n) is 12.2. The van der Waals surface area contributed by atoms with Crippen LogP contribution in [0.2, 0.25) is 0 Å². The van der Waals surface area contributed by atoms with Gasteiger partial charge in [-0.3, -0.25) is 4.79 Å². The second-order valence-electron chi connectivity index (χ2n) is 4.83. The van der Waals surface area contributed by atoms with E-state index in [-0.39, 0.29) is 24.7 Å². The Morgan fingerprint density at radius 3 is 2.50 bits per heavy atom. The van der Waals surface area contributed by atoms with Gasteiger partial charge in [0.2, 0.25) is 10.0 Å². The van der Waals surface area contributed by atoms with Crippen LogP contribution in [0.5, 0.6) is 0 Å². The van der Waals surface area contributed by atoms with E-state index in [1.54, 1.807) is 24.3 Å². The fraction of sp³-hybridized carbons (Fsp3) is 0.267. The summed E-state index contributed by atoms with van der Waals surface area (Å²) in [5.41, 5.74) is 1.65. The van der Waals surface area contributed by atoms with Gasteiger partial charge in [0.15, 0.2) is 0 Å². The van der Waals surface area contributed by atoms with Crippen molar-refractivity contribution in [1.82, 2.24) is 10.0 Å². The van der Waals surface area contributed by atoms with Gasteiger partial charge in [-0.15, -0.1) is 11.3 Å². The monoisotopic (exact) mass is 338 g/mol. The molecule has 0 saturated carbocycles. The van der Waals surface area contributed by atoms with Crippen molar-refractivity contribution >= 4 is 27.3 Å². The number of aryl methyl sites for hydroxylation is 1. The van der Waals surface area contributed by atoms with Gasteiger partial charge in [-0.25, -0.2) is 13.1 Å². The van der Waals surface area contributed by atoms with Crippen molar-refractivity contribution in [3.05, 3.63) is 57.8 Å². The lowest BCUT2D eigenvalue weighted by atomic mass is 10.2. The van der Waals surface area contributed by atoms with Crippen molar-refractivity contribution in [2.24, 2.45) is 0 Å². The topological polar surface area (TPSA) is 75.3 Å². The van der Waals surface area contributed by atoms with Gasteiger partial charge < -0.3 is 5.32 Å². The van der Waals surface area contributed by atoms with Gasteiger partial charge in [0, 0.05) is 13.1 Å². The number of rotatable bonds is 7. The van der Waals surface area contributed by atoms with Crippen molar-refractivity contribution in [3.63, 3.8) is 0 Å². The molecular weight excluding hydrogens is 320 g/mol. The number of benzene rings is 1. The summed E-state index contributed by atoms with van der Waals surface area (Å²) < 4.78 is 26.3. The average Bonchev–Trinajstić information content (AvgIpc) is 2.90. The number of sulfonamides is 1. The fourth-order valence-electron chi connectivity index (χ4n) is 1.91. The van der Waals surface area contributed by atoms with Gasteiger partial charge in [-0.05, 0) is 29.5 Å². The van der Waals surface area contributed by atoms with Crippen molar-refractivity contribution < 1.29 is 13.2 Å².